The van der Waals surface area contributed by atoms with Gasteiger partial charge < -0.3 is 9.47 Å². The average Bonchev–Trinajstić information content (AvgIpc) is 3.02. The monoisotopic (exact) mass is 469 g/mol. The number of halogens is 1. The second-order valence-electron chi connectivity index (χ2n) is 6.89. The van der Waals surface area contributed by atoms with Crippen LogP contribution in [0.3, 0.4) is 0 Å². The first-order chi connectivity index (χ1) is 15.5. The number of carbonyl (C=O) groups is 2. The molecule has 3 rings (SSSR count). The van der Waals surface area contributed by atoms with Crippen LogP contribution in [0.1, 0.15) is 23.6 Å². The minimum Gasteiger partial charge on any atom is -0.490 e. The van der Waals surface area contributed by atoms with Crippen LogP contribution in [0.25, 0.3) is 6.08 Å². The van der Waals surface area contributed by atoms with Gasteiger partial charge in [-0.3, -0.25) is 14.5 Å². The zero-order valence-corrected chi connectivity index (χ0v) is 19.4. The van der Waals surface area contributed by atoms with Crippen molar-refractivity contribution in [3.63, 3.8) is 0 Å². The van der Waals surface area contributed by atoms with Crippen molar-refractivity contribution in [2.24, 2.45) is 0 Å². The number of nitrogens with zero attached hydrogens (tertiary/aromatic N) is 1. The summed E-state index contributed by atoms with van der Waals surface area (Å²) in [7, 11) is 0. The molecule has 0 unspecified atom stereocenters. The van der Waals surface area contributed by atoms with E-state index in [-0.39, 0.29) is 24.3 Å². The summed E-state index contributed by atoms with van der Waals surface area (Å²) >= 11 is 7.18. The molecule has 1 saturated heterocycles. The van der Waals surface area contributed by atoms with Gasteiger partial charge in [-0.1, -0.05) is 42.0 Å². The quantitative estimate of drug-likeness (QED) is 0.303. The van der Waals surface area contributed by atoms with Crippen LogP contribution in [0.15, 0.2) is 66.6 Å². The highest BCUT2D eigenvalue weighted by Gasteiger charge is 2.34. The minimum absolute atomic E-state index is 0.183. The van der Waals surface area contributed by atoms with Crippen molar-refractivity contribution in [1.29, 1.82) is 0 Å². The molecule has 2 aromatic carbocycles. The summed E-state index contributed by atoms with van der Waals surface area (Å²) in [6.07, 6.45) is 5.54. The molecule has 7 heteroatoms. The molecule has 0 bridgehead atoms. The Morgan fingerprint density at radius 2 is 1.88 bits per heavy atom. The number of hydrogen-bond donors (Lipinski definition) is 0. The van der Waals surface area contributed by atoms with E-state index in [4.69, 9.17) is 21.1 Å². The topological polar surface area (TPSA) is 55.8 Å². The summed E-state index contributed by atoms with van der Waals surface area (Å²) in [4.78, 5) is 26.2. The maximum absolute atomic E-state index is 12.6. The number of amides is 2. The molecule has 0 aliphatic carbocycles. The Morgan fingerprint density at radius 1 is 1.09 bits per heavy atom. The number of benzene rings is 2. The van der Waals surface area contributed by atoms with Crippen LogP contribution in [0.2, 0.25) is 5.02 Å². The van der Waals surface area contributed by atoms with E-state index in [9.17, 15) is 9.59 Å². The van der Waals surface area contributed by atoms with E-state index in [0.717, 1.165) is 28.5 Å². The molecule has 0 atom stereocenters. The Hall–Kier alpha value is -2.96. The standard InChI is InChI=1S/C25H24ClNO4S/c1-4-9-18-13-17(15-22-24(28)27(12-5-2)25(29)32-22)14-21(30-6-3)23(18)31-16-19-10-7-8-11-20(19)26/h4-5,7-8,10-11,13-15H,1-2,6,9,12,16H2,3H3/b22-15+. The normalized spacial score (nSPS) is 14.7. The second kappa shape index (κ2) is 11.1. The summed E-state index contributed by atoms with van der Waals surface area (Å²) in [6.45, 7) is 10.2. The van der Waals surface area contributed by atoms with Gasteiger partial charge in [0.15, 0.2) is 11.5 Å². The lowest BCUT2D eigenvalue weighted by molar-refractivity contribution is -0.122. The summed E-state index contributed by atoms with van der Waals surface area (Å²) in [5, 5.41) is 0.319. The van der Waals surface area contributed by atoms with Gasteiger partial charge in [0.2, 0.25) is 0 Å². The number of hydrogen-bond acceptors (Lipinski definition) is 5. The maximum Gasteiger partial charge on any atom is 0.293 e. The third-order valence-electron chi connectivity index (χ3n) is 4.63. The summed E-state index contributed by atoms with van der Waals surface area (Å²) in [5.41, 5.74) is 2.45. The van der Waals surface area contributed by atoms with Crippen molar-refractivity contribution < 1.29 is 19.1 Å². The molecule has 0 aromatic heterocycles. The SMILES string of the molecule is C=CCc1cc(/C=C2/SC(=O)N(CC=C)C2=O)cc(OCC)c1OCc1ccccc1Cl. The molecule has 2 aromatic rings. The van der Waals surface area contributed by atoms with Crippen molar-refractivity contribution >= 4 is 40.6 Å². The molecule has 1 heterocycles. The number of ether oxygens (including phenoxy) is 2. The van der Waals surface area contributed by atoms with Gasteiger partial charge in [0, 0.05) is 22.7 Å². The van der Waals surface area contributed by atoms with Gasteiger partial charge in [0.25, 0.3) is 11.1 Å². The summed E-state index contributed by atoms with van der Waals surface area (Å²) in [6, 6.07) is 11.2. The van der Waals surface area contributed by atoms with Crippen molar-refractivity contribution in [2.45, 2.75) is 20.0 Å². The van der Waals surface area contributed by atoms with Gasteiger partial charge in [-0.15, -0.1) is 13.2 Å². The zero-order valence-electron chi connectivity index (χ0n) is 17.8. The number of allylic oxidation sites excluding steroid dienone is 1. The van der Waals surface area contributed by atoms with Crippen LogP contribution in [0.4, 0.5) is 4.79 Å². The molecule has 1 fully saturated rings. The van der Waals surface area contributed by atoms with E-state index < -0.39 is 0 Å². The lowest BCUT2D eigenvalue weighted by Gasteiger charge is -2.17. The molecule has 0 N–H and O–H groups in total. The molecular formula is C25H24ClNO4S. The molecule has 32 heavy (non-hydrogen) atoms. The molecule has 1 aliphatic heterocycles. The average molecular weight is 470 g/mol. The first kappa shape index (κ1) is 23.7. The van der Waals surface area contributed by atoms with Gasteiger partial charge >= 0.3 is 0 Å². The Morgan fingerprint density at radius 3 is 2.56 bits per heavy atom. The fourth-order valence-corrected chi connectivity index (χ4v) is 4.24. The lowest BCUT2D eigenvalue weighted by atomic mass is 10.0. The highest BCUT2D eigenvalue weighted by Crippen LogP contribution is 2.38. The van der Waals surface area contributed by atoms with E-state index in [0.29, 0.717) is 34.5 Å². The molecule has 1 aliphatic rings. The smallest absolute Gasteiger partial charge is 0.293 e. The molecule has 0 saturated carbocycles. The highest BCUT2D eigenvalue weighted by molar-refractivity contribution is 8.18. The predicted octanol–water partition coefficient (Wildman–Crippen LogP) is 6.27. The van der Waals surface area contributed by atoms with E-state index in [1.165, 1.54) is 11.0 Å². The van der Waals surface area contributed by atoms with E-state index in [2.05, 4.69) is 13.2 Å². The van der Waals surface area contributed by atoms with E-state index >= 15 is 0 Å². The van der Waals surface area contributed by atoms with Gasteiger partial charge in [-0.2, -0.15) is 0 Å². The first-order valence-electron chi connectivity index (χ1n) is 10.1. The summed E-state index contributed by atoms with van der Waals surface area (Å²) in [5.74, 6) is 0.821. The van der Waals surface area contributed by atoms with Gasteiger partial charge in [-0.25, -0.2) is 0 Å². The van der Waals surface area contributed by atoms with Crippen LogP contribution in [0, 0.1) is 0 Å². The maximum atomic E-state index is 12.6. The van der Waals surface area contributed by atoms with Crippen molar-refractivity contribution in [1.82, 2.24) is 4.90 Å². The van der Waals surface area contributed by atoms with Crippen molar-refractivity contribution in [3.8, 4) is 11.5 Å². The molecule has 0 spiro atoms. The Kier molecular flexibility index (Phi) is 8.20. The number of carbonyl (C=O) groups excluding carboxylic acids is 2. The second-order valence-corrected chi connectivity index (χ2v) is 8.29. The highest BCUT2D eigenvalue weighted by atomic mass is 35.5. The van der Waals surface area contributed by atoms with Crippen molar-refractivity contribution in [3.05, 3.63) is 88.3 Å². The third-order valence-corrected chi connectivity index (χ3v) is 5.91. The van der Waals surface area contributed by atoms with Gasteiger partial charge in [-0.05, 0) is 54.9 Å². The fourth-order valence-electron chi connectivity index (χ4n) is 3.20. The third kappa shape index (κ3) is 5.44. The summed E-state index contributed by atoms with van der Waals surface area (Å²) < 4.78 is 12.0. The van der Waals surface area contributed by atoms with Gasteiger partial charge in [0.1, 0.15) is 6.61 Å². The predicted molar refractivity (Wildman–Crippen MR) is 130 cm³/mol. The van der Waals surface area contributed by atoms with Crippen LogP contribution < -0.4 is 9.47 Å². The molecule has 5 nitrogen and oxygen atoms in total. The lowest BCUT2D eigenvalue weighted by Crippen LogP contribution is -2.27. The van der Waals surface area contributed by atoms with Gasteiger partial charge in [0.05, 0.1) is 11.5 Å². The minimum atomic E-state index is -0.331. The van der Waals surface area contributed by atoms with Crippen LogP contribution in [0.5, 0.6) is 11.5 Å². The number of rotatable bonds is 10. The first-order valence-corrected chi connectivity index (χ1v) is 11.3. The molecule has 166 valence electrons. The van der Waals surface area contributed by atoms with Crippen LogP contribution in [-0.4, -0.2) is 29.2 Å². The molecular weight excluding hydrogens is 446 g/mol. The van der Waals surface area contributed by atoms with E-state index in [1.807, 2.05) is 37.3 Å². The Labute approximate surface area is 197 Å². The zero-order chi connectivity index (χ0) is 23.1. The molecule has 0 radical (unpaired) electrons. The molecule has 2 amide bonds. The Bertz CT molecular complexity index is 1080. The Balaban J connectivity index is 1.96. The van der Waals surface area contributed by atoms with Crippen molar-refractivity contribution in [2.75, 3.05) is 13.2 Å². The van der Waals surface area contributed by atoms with Crippen LogP contribution >= 0.6 is 23.4 Å². The fraction of sp³-hybridized carbons (Fsp3) is 0.200. The van der Waals surface area contributed by atoms with Crippen LogP contribution in [-0.2, 0) is 17.8 Å². The number of thioether (sulfide) groups is 1. The number of imide groups is 1. The van der Waals surface area contributed by atoms with E-state index in [1.54, 1.807) is 18.2 Å². The largest absolute Gasteiger partial charge is 0.490 e.